The Hall–Kier alpha value is -4.05. The Morgan fingerprint density at radius 1 is 0.947 bits per heavy atom. The van der Waals surface area contributed by atoms with Crippen LogP contribution in [0.3, 0.4) is 0 Å². The summed E-state index contributed by atoms with van der Waals surface area (Å²) >= 11 is 0. The summed E-state index contributed by atoms with van der Waals surface area (Å²) in [5.41, 5.74) is 1.60. The van der Waals surface area contributed by atoms with Gasteiger partial charge in [-0.25, -0.2) is 17.1 Å². The van der Waals surface area contributed by atoms with E-state index >= 15 is 0 Å². The van der Waals surface area contributed by atoms with Crippen molar-refractivity contribution < 1.29 is 27.2 Å². The molecule has 1 aliphatic heterocycles. The molecule has 3 aromatic carbocycles. The summed E-state index contributed by atoms with van der Waals surface area (Å²) in [6.07, 6.45) is 0.227. The average Bonchev–Trinajstić information content (AvgIpc) is 3.12. The minimum atomic E-state index is -3.98. The van der Waals surface area contributed by atoms with Crippen molar-refractivity contribution in [2.24, 2.45) is 0 Å². The fraction of sp³-hybridized carbons (Fsp3) is 0.250. The number of benzene rings is 3. The fourth-order valence-electron chi connectivity index (χ4n) is 4.48. The molecule has 0 saturated heterocycles. The molecule has 0 saturated carbocycles. The third-order valence-corrected chi connectivity index (χ3v) is 8.29. The van der Waals surface area contributed by atoms with Crippen LogP contribution in [-0.4, -0.2) is 55.0 Å². The zero-order valence-corrected chi connectivity index (χ0v) is 21.7. The maximum Gasteiger partial charge on any atom is 0.269 e. The van der Waals surface area contributed by atoms with Gasteiger partial charge in [0.05, 0.1) is 5.56 Å². The highest BCUT2D eigenvalue weighted by atomic mass is 32.2. The van der Waals surface area contributed by atoms with Crippen LogP contribution in [0.5, 0.6) is 0 Å². The molecule has 1 aliphatic rings. The van der Waals surface area contributed by atoms with Gasteiger partial charge >= 0.3 is 0 Å². The molecule has 10 heteroatoms. The van der Waals surface area contributed by atoms with Crippen LogP contribution in [0.1, 0.15) is 34.3 Å². The monoisotopic (exact) mass is 537 g/mol. The zero-order valence-electron chi connectivity index (χ0n) is 20.8. The second-order valence-corrected chi connectivity index (χ2v) is 10.8. The van der Waals surface area contributed by atoms with Crippen LogP contribution in [0, 0.1) is 5.82 Å². The van der Waals surface area contributed by atoms with Crippen LogP contribution in [0.15, 0.2) is 83.8 Å². The van der Waals surface area contributed by atoms with Gasteiger partial charge in [-0.15, -0.1) is 0 Å². The third kappa shape index (κ3) is 5.75. The Kier molecular flexibility index (Phi) is 8.21. The first-order chi connectivity index (χ1) is 18.2. The number of likely N-dealkylation sites (N-methyl/N-ethyl adjacent to an activating group) is 1. The lowest BCUT2D eigenvalue weighted by atomic mass is 10.0. The second kappa shape index (κ2) is 11.6. The fourth-order valence-corrected chi connectivity index (χ4v) is 6.08. The van der Waals surface area contributed by atoms with Crippen LogP contribution in [0.25, 0.3) is 0 Å². The number of nitrogens with zero attached hydrogens (tertiary/aromatic N) is 2. The van der Waals surface area contributed by atoms with E-state index < -0.39 is 27.8 Å². The van der Waals surface area contributed by atoms with E-state index in [0.717, 1.165) is 9.87 Å². The molecule has 0 aliphatic carbocycles. The van der Waals surface area contributed by atoms with Crippen molar-refractivity contribution in [3.8, 4) is 0 Å². The van der Waals surface area contributed by atoms with Crippen LogP contribution in [0.2, 0.25) is 0 Å². The molecule has 0 aromatic heterocycles. The number of halogens is 1. The Balaban J connectivity index is 1.53. The van der Waals surface area contributed by atoms with Crippen LogP contribution in [-0.2, 0) is 32.6 Å². The SMILES string of the molecule is CNC(=O)C(Cc1ccccc1)N(Cc1ccc(F)cc1)C(=O)CCCN1C(=O)c2ccccc2S1(=O)=O. The number of fused-ring (bicyclic) bond motifs is 1. The topological polar surface area (TPSA) is 104 Å². The predicted octanol–water partition coefficient (Wildman–Crippen LogP) is 3.14. The number of rotatable bonds is 10. The highest BCUT2D eigenvalue weighted by Crippen LogP contribution is 2.30. The summed E-state index contributed by atoms with van der Waals surface area (Å²) in [4.78, 5) is 40.5. The molecule has 1 N–H and O–H groups in total. The van der Waals surface area contributed by atoms with Gasteiger partial charge in [0.15, 0.2) is 0 Å². The molecule has 1 heterocycles. The van der Waals surface area contributed by atoms with Crippen molar-refractivity contribution in [2.75, 3.05) is 13.6 Å². The summed E-state index contributed by atoms with van der Waals surface area (Å²) in [5.74, 6) is -1.79. The summed E-state index contributed by atoms with van der Waals surface area (Å²) in [6, 6.07) is 20.0. The highest BCUT2D eigenvalue weighted by molar-refractivity contribution is 7.90. The summed E-state index contributed by atoms with van der Waals surface area (Å²) in [5, 5.41) is 2.62. The Morgan fingerprint density at radius 2 is 1.61 bits per heavy atom. The summed E-state index contributed by atoms with van der Waals surface area (Å²) in [6.45, 7) is -0.119. The molecule has 3 aromatic rings. The van der Waals surface area contributed by atoms with Gasteiger partial charge in [-0.2, -0.15) is 0 Å². The molecule has 3 amide bonds. The van der Waals surface area contributed by atoms with Gasteiger partial charge in [-0.3, -0.25) is 14.4 Å². The van der Waals surface area contributed by atoms with E-state index in [-0.39, 0.29) is 54.6 Å². The van der Waals surface area contributed by atoms with Crippen molar-refractivity contribution in [1.29, 1.82) is 0 Å². The maximum atomic E-state index is 13.5. The predicted molar refractivity (Wildman–Crippen MR) is 139 cm³/mol. The molecule has 38 heavy (non-hydrogen) atoms. The molecular weight excluding hydrogens is 509 g/mol. The summed E-state index contributed by atoms with van der Waals surface area (Å²) in [7, 11) is -2.49. The smallest absolute Gasteiger partial charge is 0.269 e. The molecule has 0 spiro atoms. The number of sulfonamides is 1. The van der Waals surface area contributed by atoms with Crippen LogP contribution < -0.4 is 5.32 Å². The Morgan fingerprint density at radius 3 is 2.26 bits per heavy atom. The molecule has 1 atom stereocenters. The minimum absolute atomic E-state index is 0.0446. The Bertz CT molecular complexity index is 1430. The van der Waals surface area contributed by atoms with Gasteiger partial charge in [0.2, 0.25) is 11.8 Å². The number of hydrogen-bond acceptors (Lipinski definition) is 5. The number of carbonyl (C=O) groups excluding carboxylic acids is 3. The number of nitrogens with one attached hydrogen (secondary N) is 1. The van der Waals surface area contributed by atoms with E-state index in [2.05, 4.69) is 5.32 Å². The van der Waals surface area contributed by atoms with Crippen LogP contribution >= 0.6 is 0 Å². The van der Waals surface area contributed by atoms with E-state index in [1.165, 1.54) is 36.2 Å². The second-order valence-electron chi connectivity index (χ2n) is 8.95. The lowest BCUT2D eigenvalue weighted by Gasteiger charge is -2.31. The molecule has 0 fully saturated rings. The lowest BCUT2D eigenvalue weighted by Crippen LogP contribution is -2.49. The van der Waals surface area contributed by atoms with Gasteiger partial charge in [-0.05, 0) is 41.8 Å². The van der Waals surface area contributed by atoms with E-state index in [0.29, 0.717) is 5.56 Å². The van der Waals surface area contributed by atoms with E-state index in [4.69, 9.17) is 0 Å². The number of hydrogen-bond donors (Lipinski definition) is 1. The minimum Gasteiger partial charge on any atom is -0.357 e. The van der Waals surface area contributed by atoms with Gasteiger partial charge in [0, 0.05) is 33.0 Å². The van der Waals surface area contributed by atoms with Crippen molar-refractivity contribution in [1.82, 2.24) is 14.5 Å². The van der Waals surface area contributed by atoms with E-state index in [9.17, 15) is 27.2 Å². The number of amides is 3. The van der Waals surface area contributed by atoms with Crippen molar-refractivity contribution in [3.05, 3.63) is 101 Å². The molecule has 0 bridgehead atoms. The van der Waals surface area contributed by atoms with Crippen molar-refractivity contribution in [3.63, 3.8) is 0 Å². The largest absolute Gasteiger partial charge is 0.357 e. The van der Waals surface area contributed by atoms with Crippen LogP contribution in [0.4, 0.5) is 4.39 Å². The molecule has 4 rings (SSSR count). The normalized spacial score (nSPS) is 14.6. The average molecular weight is 538 g/mol. The third-order valence-electron chi connectivity index (χ3n) is 6.45. The molecule has 8 nitrogen and oxygen atoms in total. The first-order valence-corrected chi connectivity index (χ1v) is 13.6. The van der Waals surface area contributed by atoms with Gasteiger partial charge in [0.25, 0.3) is 15.9 Å². The standard InChI is InChI=1S/C28H28FN3O5S/c1-30-27(34)24(18-20-8-3-2-4-9-20)31(19-21-13-15-22(29)16-14-21)26(33)12-7-17-32-28(35)23-10-5-6-11-25(23)38(32,36)37/h2-6,8-11,13-16,24H,7,12,17-19H2,1H3,(H,30,34). The quantitative estimate of drug-likeness (QED) is 0.428. The lowest BCUT2D eigenvalue weighted by molar-refractivity contribution is -0.141. The van der Waals surface area contributed by atoms with E-state index in [1.807, 2.05) is 30.3 Å². The van der Waals surface area contributed by atoms with E-state index in [1.54, 1.807) is 24.3 Å². The first kappa shape index (κ1) is 27.0. The van der Waals surface area contributed by atoms with Gasteiger partial charge in [0.1, 0.15) is 16.8 Å². The zero-order chi connectivity index (χ0) is 27.3. The van der Waals surface area contributed by atoms with Gasteiger partial charge < -0.3 is 10.2 Å². The molecule has 198 valence electrons. The number of carbonyl (C=O) groups is 3. The summed E-state index contributed by atoms with van der Waals surface area (Å²) < 4.78 is 40.0. The first-order valence-electron chi connectivity index (χ1n) is 12.2. The molecule has 0 radical (unpaired) electrons. The van der Waals surface area contributed by atoms with Crippen molar-refractivity contribution in [2.45, 2.75) is 36.7 Å². The van der Waals surface area contributed by atoms with Crippen molar-refractivity contribution >= 4 is 27.7 Å². The molecule has 1 unspecified atom stereocenters. The Labute approximate surface area is 221 Å². The van der Waals surface area contributed by atoms with Gasteiger partial charge in [-0.1, -0.05) is 54.6 Å². The highest BCUT2D eigenvalue weighted by Gasteiger charge is 2.40. The maximum absolute atomic E-state index is 13.5. The molecular formula is C28H28FN3O5S.